The number of rotatable bonds is 3. The zero-order chi connectivity index (χ0) is 21.5. The first-order valence-electron chi connectivity index (χ1n) is 10.8. The van der Waals surface area contributed by atoms with E-state index >= 15 is 0 Å². The number of amides is 1. The number of benzene rings is 2. The van der Waals surface area contributed by atoms with Gasteiger partial charge in [0.25, 0.3) is 5.91 Å². The van der Waals surface area contributed by atoms with E-state index in [0.29, 0.717) is 31.8 Å². The number of hydrogen-bond donors (Lipinski definition) is 1. The molecule has 2 aliphatic heterocycles. The third-order valence-electron chi connectivity index (χ3n) is 6.72. The molecule has 0 aromatic heterocycles. The summed E-state index contributed by atoms with van der Waals surface area (Å²) in [5.41, 5.74) is 11.0. The molecule has 4 rings (SSSR count). The largest absolute Gasteiger partial charge is 0.492 e. The molecule has 2 aromatic carbocycles. The molecular weight excluding hydrogens is 372 g/mol. The molecule has 0 saturated carbocycles. The monoisotopic (exact) mass is 404 g/mol. The van der Waals surface area contributed by atoms with Crippen LogP contribution in [0.25, 0.3) is 5.57 Å². The molecule has 158 valence electrons. The van der Waals surface area contributed by atoms with Gasteiger partial charge < -0.3 is 15.4 Å². The van der Waals surface area contributed by atoms with Crippen molar-refractivity contribution in [2.24, 2.45) is 5.73 Å². The molecular formula is C26H32N2O2. The summed E-state index contributed by atoms with van der Waals surface area (Å²) < 4.78 is 5.98. The van der Waals surface area contributed by atoms with Crippen molar-refractivity contribution >= 4 is 11.5 Å². The van der Waals surface area contributed by atoms with Gasteiger partial charge in [0.2, 0.25) is 0 Å². The van der Waals surface area contributed by atoms with Gasteiger partial charge in [0, 0.05) is 36.2 Å². The smallest absolute Gasteiger partial charge is 0.253 e. The van der Waals surface area contributed by atoms with Gasteiger partial charge in [-0.15, -0.1) is 0 Å². The number of carbonyl (C=O) groups excluding carboxylic acids is 1. The van der Waals surface area contributed by atoms with Crippen LogP contribution in [0.15, 0.2) is 49.0 Å². The van der Waals surface area contributed by atoms with Gasteiger partial charge in [-0.2, -0.15) is 0 Å². The Kier molecular flexibility index (Phi) is 5.23. The van der Waals surface area contributed by atoms with Crippen LogP contribution in [0.2, 0.25) is 0 Å². The fraction of sp³-hybridized carbons (Fsp3) is 0.423. The van der Waals surface area contributed by atoms with E-state index in [2.05, 4.69) is 45.5 Å². The number of ether oxygens (including phenoxy) is 1. The van der Waals surface area contributed by atoms with Crippen LogP contribution in [0, 0.1) is 0 Å². The maximum absolute atomic E-state index is 13.1. The van der Waals surface area contributed by atoms with E-state index in [0.717, 1.165) is 29.7 Å². The fourth-order valence-corrected chi connectivity index (χ4v) is 4.58. The van der Waals surface area contributed by atoms with E-state index in [9.17, 15) is 4.79 Å². The first-order chi connectivity index (χ1) is 14.2. The average molecular weight is 405 g/mol. The van der Waals surface area contributed by atoms with Gasteiger partial charge in [0.05, 0.1) is 6.61 Å². The molecule has 1 saturated heterocycles. The van der Waals surface area contributed by atoms with Crippen LogP contribution in [0.3, 0.4) is 0 Å². The molecule has 1 fully saturated rings. The number of piperidine rings is 1. The van der Waals surface area contributed by atoms with Crippen LogP contribution in [0.4, 0.5) is 0 Å². The summed E-state index contributed by atoms with van der Waals surface area (Å²) in [5.74, 6) is 0.999. The van der Waals surface area contributed by atoms with Crippen LogP contribution in [0.5, 0.6) is 5.75 Å². The first kappa shape index (κ1) is 20.7. The van der Waals surface area contributed by atoms with Crippen molar-refractivity contribution in [1.82, 2.24) is 4.90 Å². The molecule has 0 unspecified atom stereocenters. The highest BCUT2D eigenvalue weighted by molar-refractivity contribution is 6.18. The van der Waals surface area contributed by atoms with Crippen molar-refractivity contribution in [2.45, 2.75) is 51.0 Å². The summed E-state index contributed by atoms with van der Waals surface area (Å²) in [6, 6.07) is 14.5. The van der Waals surface area contributed by atoms with Gasteiger partial charge in [-0.1, -0.05) is 63.7 Å². The SMILES string of the molecule is C=C(C(=O)N1CCC2(CC1)COc1ccc(CN)cc12)c1ccc(C(C)(C)C)cc1. The second-order valence-electron chi connectivity index (χ2n) is 9.70. The van der Waals surface area contributed by atoms with E-state index in [-0.39, 0.29) is 16.7 Å². The summed E-state index contributed by atoms with van der Waals surface area (Å²) in [4.78, 5) is 15.0. The molecule has 0 atom stereocenters. The van der Waals surface area contributed by atoms with Gasteiger partial charge in [0.1, 0.15) is 5.75 Å². The zero-order valence-electron chi connectivity index (χ0n) is 18.3. The van der Waals surface area contributed by atoms with E-state index in [1.54, 1.807) is 0 Å². The summed E-state index contributed by atoms with van der Waals surface area (Å²) in [7, 11) is 0. The number of hydrogen-bond acceptors (Lipinski definition) is 3. The number of fused-ring (bicyclic) bond motifs is 2. The van der Waals surface area contributed by atoms with E-state index in [4.69, 9.17) is 10.5 Å². The highest BCUT2D eigenvalue weighted by Crippen LogP contribution is 2.46. The normalized spacial score (nSPS) is 17.5. The summed E-state index contributed by atoms with van der Waals surface area (Å²) >= 11 is 0. The lowest BCUT2D eigenvalue weighted by molar-refractivity contribution is -0.126. The Balaban J connectivity index is 1.45. The van der Waals surface area contributed by atoms with Crippen LogP contribution in [0.1, 0.15) is 55.9 Å². The van der Waals surface area contributed by atoms with Crippen LogP contribution in [-0.2, 0) is 22.2 Å². The van der Waals surface area contributed by atoms with Gasteiger partial charge in [-0.25, -0.2) is 0 Å². The van der Waals surface area contributed by atoms with Crippen LogP contribution in [-0.4, -0.2) is 30.5 Å². The Labute approximate surface area is 179 Å². The molecule has 4 nitrogen and oxygen atoms in total. The Morgan fingerprint density at radius 1 is 1.13 bits per heavy atom. The molecule has 1 amide bonds. The molecule has 4 heteroatoms. The average Bonchev–Trinajstić information content (AvgIpc) is 3.10. The third-order valence-corrected chi connectivity index (χ3v) is 6.72. The summed E-state index contributed by atoms with van der Waals surface area (Å²) in [6.45, 7) is 13.3. The molecule has 0 aliphatic carbocycles. The topological polar surface area (TPSA) is 55.6 Å². The summed E-state index contributed by atoms with van der Waals surface area (Å²) in [5, 5.41) is 0. The lowest BCUT2D eigenvalue weighted by Crippen LogP contribution is -2.46. The van der Waals surface area contributed by atoms with Crippen molar-refractivity contribution in [3.8, 4) is 5.75 Å². The van der Waals surface area contributed by atoms with Crippen molar-refractivity contribution < 1.29 is 9.53 Å². The molecule has 1 spiro atoms. The van der Waals surface area contributed by atoms with E-state index in [1.807, 2.05) is 29.2 Å². The standard InChI is InChI=1S/C26H32N2O2/c1-18(20-6-8-21(9-7-20)25(2,3)4)24(29)28-13-11-26(12-14-28)17-30-23-10-5-19(16-27)15-22(23)26/h5-10,15H,1,11-14,16-17,27H2,2-4H3. The van der Waals surface area contributed by atoms with E-state index in [1.165, 1.54) is 11.1 Å². The van der Waals surface area contributed by atoms with Crippen molar-refractivity contribution in [2.75, 3.05) is 19.7 Å². The van der Waals surface area contributed by atoms with Crippen LogP contribution < -0.4 is 10.5 Å². The second kappa shape index (κ2) is 7.59. The first-order valence-corrected chi connectivity index (χ1v) is 10.8. The molecule has 2 aromatic rings. The zero-order valence-corrected chi connectivity index (χ0v) is 18.3. The minimum atomic E-state index is -0.00696. The number of nitrogens with two attached hydrogens (primary N) is 1. The molecule has 2 heterocycles. The molecule has 0 bridgehead atoms. The maximum atomic E-state index is 13.1. The number of carbonyl (C=O) groups is 1. The molecule has 2 aliphatic rings. The lowest BCUT2D eigenvalue weighted by Gasteiger charge is -2.39. The summed E-state index contributed by atoms with van der Waals surface area (Å²) in [6.07, 6.45) is 1.80. The molecule has 0 radical (unpaired) electrons. The number of nitrogens with zero attached hydrogens (tertiary/aromatic N) is 1. The third kappa shape index (κ3) is 3.65. The predicted octanol–water partition coefficient (Wildman–Crippen LogP) is 4.41. The van der Waals surface area contributed by atoms with Crippen molar-refractivity contribution in [3.05, 3.63) is 71.3 Å². The lowest BCUT2D eigenvalue weighted by atomic mass is 9.74. The Hall–Kier alpha value is -2.59. The molecule has 30 heavy (non-hydrogen) atoms. The Morgan fingerprint density at radius 2 is 1.80 bits per heavy atom. The predicted molar refractivity (Wildman–Crippen MR) is 121 cm³/mol. The van der Waals surface area contributed by atoms with Crippen molar-refractivity contribution in [1.29, 1.82) is 0 Å². The fourth-order valence-electron chi connectivity index (χ4n) is 4.58. The van der Waals surface area contributed by atoms with E-state index < -0.39 is 0 Å². The Bertz CT molecular complexity index is 962. The number of likely N-dealkylation sites (tertiary alicyclic amines) is 1. The highest BCUT2D eigenvalue weighted by Gasteiger charge is 2.44. The second-order valence-corrected chi connectivity index (χ2v) is 9.70. The quantitative estimate of drug-likeness (QED) is 0.771. The van der Waals surface area contributed by atoms with Crippen LogP contribution >= 0.6 is 0 Å². The van der Waals surface area contributed by atoms with Gasteiger partial charge >= 0.3 is 0 Å². The Morgan fingerprint density at radius 3 is 2.40 bits per heavy atom. The van der Waals surface area contributed by atoms with Gasteiger partial charge in [-0.05, 0) is 41.0 Å². The van der Waals surface area contributed by atoms with Gasteiger partial charge in [0.15, 0.2) is 0 Å². The minimum absolute atomic E-state index is 0.00696. The van der Waals surface area contributed by atoms with Crippen molar-refractivity contribution in [3.63, 3.8) is 0 Å². The minimum Gasteiger partial charge on any atom is -0.492 e. The molecule has 2 N–H and O–H groups in total. The van der Waals surface area contributed by atoms with Gasteiger partial charge in [-0.3, -0.25) is 4.79 Å². The highest BCUT2D eigenvalue weighted by atomic mass is 16.5. The maximum Gasteiger partial charge on any atom is 0.253 e.